The molecule has 148 valence electrons. The van der Waals surface area contributed by atoms with Crippen LogP contribution in [-0.2, 0) is 11.3 Å². The lowest BCUT2D eigenvalue weighted by atomic mass is 10.1. The Morgan fingerprint density at radius 2 is 1.79 bits per heavy atom. The molecule has 0 bridgehead atoms. The summed E-state index contributed by atoms with van der Waals surface area (Å²) in [6.45, 7) is 1.52. The van der Waals surface area contributed by atoms with Crippen LogP contribution in [0, 0.1) is 11.6 Å². The van der Waals surface area contributed by atoms with Crippen molar-refractivity contribution < 1.29 is 28.3 Å². The number of ether oxygens (including phenoxy) is 1. The highest BCUT2D eigenvalue weighted by Crippen LogP contribution is 2.24. The van der Waals surface area contributed by atoms with Gasteiger partial charge in [-0.1, -0.05) is 12.1 Å². The summed E-state index contributed by atoms with van der Waals surface area (Å²) in [5.41, 5.74) is 2.34. The van der Waals surface area contributed by atoms with Crippen molar-refractivity contribution in [2.45, 2.75) is 6.54 Å². The molecule has 3 amide bonds. The number of carbonyl (C=O) groups is 2. The Morgan fingerprint density at radius 3 is 2.39 bits per heavy atom. The summed E-state index contributed by atoms with van der Waals surface area (Å²) in [6, 6.07) is 8.73. The lowest BCUT2D eigenvalue weighted by Gasteiger charge is -2.33. The Labute approximate surface area is 160 Å². The third kappa shape index (κ3) is 4.44. The van der Waals surface area contributed by atoms with Gasteiger partial charge in [0.1, 0.15) is 11.6 Å². The minimum Gasteiger partial charge on any atom is -0.378 e. The predicted molar refractivity (Wildman–Crippen MR) is 96.0 cm³/mol. The predicted octanol–water partition coefficient (Wildman–Crippen LogP) is 2.54. The Bertz CT molecular complexity index is 855. The fourth-order valence-electron chi connectivity index (χ4n) is 2.89. The van der Waals surface area contributed by atoms with Crippen molar-refractivity contribution in [1.29, 1.82) is 0 Å². The van der Waals surface area contributed by atoms with Crippen LogP contribution in [0.3, 0.4) is 0 Å². The van der Waals surface area contributed by atoms with Gasteiger partial charge < -0.3 is 9.64 Å². The first-order valence-electron chi connectivity index (χ1n) is 8.62. The van der Waals surface area contributed by atoms with E-state index in [9.17, 15) is 18.4 Å². The number of benzene rings is 2. The van der Waals surface area contributed by atoms with E-state index in [2.05, 4.69) is 0 Å². The summed E-state index contributed by atoms with van der Waals surface area (Å²) < 4.78 is 33.0. The van der Waals surface area contributed by atoms with Crippen molar-refractivity contribution in [3.8, 4) is 0 Å². The van der Waals surface area contributed by atoms with E-state index >= 15 is 0 Å². The number of urea groups is 1. The maximum atomic E-state index is 14.4. The monoisotopic (exact) mass is 391 g/mol. The number of hydroxylamine groups is 1. The van der Waals surface area contributed by atoms with Crippen LogP contribution in [0.4, 0.5) is 19.3 Å². The van der Waals surface area contributed by atoms with Crippen LogP contribution in [-0.4, -0.2) is 48.3 Å². The van der Waals surface area contributed by atoms with Crippen molar-refractivity contribution in [3.63, 3.8) is 0 Å². The summed E-state index contributed by atoms with van der Waals surface area (Å²) in [4.78, 5) is 27.2. The van der Waals surface area contributed by atoms with Crippen molar-refractivity contribution in [1.82, 2.24) is 10.4 Å². The number of carbonyl (C=O) groups excluding carboxylic acids is 2. The zero-order valence-electron chi connectivity index (χ0n) is 14.9. The molecule has 9 heteroatoms. The molecule has 1 fully saturated rings. The minimum absolute atomic E-state index is 0.0137. The maximum absolute atomic E-state index is 14.4. The largest absolute Gasteiger partial charge is 0.378 e. The molecule has 2 N–H and O–H groups in total. The highest BCUT2D eigenvalue weighted by molar-refractivity contribution is 5.94. The van der Waals surface area contributed by atoms with Gasteiger partial charge in [-0.3, -0.25) is 14.9 Å². The molecule has 3 rings (SSSR count). The van der Waals surface area contributed by atoms with Gasteiger partial charge in [0.15, 0.2) is 0 Å². The number of hydrogen-bond donors (Lipinski definition) is 2. The van der Waals surface area contributed by atoms with E-state index in [0.29, 0.717) is 31.9 Å². The Hall–Kier alpha value is -3.04. The zero-order chi connectivity index (χ0) is 20.1. The van der Waals surface area contributed by atoms with E-state index in [1.165, 1.54) is 28.6 Å². The van der Waals surface area contributed by atoms with Gasteiger partial charge in [-0.05, 0) is 29.8 Å². The first kappa shape index (κ1) is 19.7. The normalized spacial score (nSPS) is 13.9. The molecule has 1 heterocycles. The summed E-state index contributed by atoms with van der Waals surface area (Å²) >= 11 is 0. The van der Waals surface area contributed by atoms with Crippen LogP contribution in [0.15, 0.2) is 42.5 Å². The van der Waals surface area contributed by atoms with E-state index in [1.54, 1.807) is 17.0 Å². The quantitative estimate of drug-likeness (QED) is 0.620. The van der Waals surface area contributed by atoms with E-state index in [0.717, 1.165) is 12.1 Å². The Morgan fingerprint density at radius 1 is 1.11 bits per heavy atom. The maximum Gasteiger partial charge on any atom is 0.325 e. The topological polar surface area (TPSA) is 82.1 Å². The summed E-state index contributed by atoms with van der Waals surface area (Å²) in [5, 5.41) is 8.68. The van der Waals surface area contributed by atoms with E-state index in [4.69, 9.17) is 9.94 Å². The lowest BCUT2D eigenvalue weighted by molar-refractivity contribution is 0.0547. The minimum atomic E-state index is -0.849. The number of rotatable bonds is 4. The SMILES string of the molecule is O=C(NO)c1ccc(CN(C(=O)N2CCOCC2)c2ccc(F)cc2F)cc1. The molecule has 7 nitrogen and oxygen atoms in total. The highest BCUT2D eigenvalue weighted by atomic mass is 19.1. The Balaban J connectivity index is 1.89. The van der Waals surface area contributed by atoms with Crippen LogP contribution in [0.25, 0.3) is 0 Å². The number of hydrogen-bond acceptors (Lipinski definition) is 4. The van der Waals surface area contributed by atoms with Crippen LogP contribution >= 0.6 is 0 Å². The molecule has 0 atom stereocenters. The smallest absolute Gasteiger partial charge is 0.325 e. The fourth-order valence-corrected chi connectivity index (χ4v) is 2.89. The van der Waals surface area contributed by atoms with Crippen LogP contribution in [0.1, 0.15) is 15.9 Å². The second kappa shape index (κ2) is 8.77. The number of amides is 3. The van der Waals surface area contributed by atoms with Crippen molar-refractivity contribution in [2.75, 3.05) is 31.2 Å². The molecule has 2 aromatic rings. The Kier molecular flexibility index (Phi) is 6.17. The molecule has 1 aliphatic rings. The number of anilines is 1. The number of nitrogens with one attached hydrogen (secondary N) is 1. The van der Waals surface area contributed by atoms with Gasteiger partial charge in [-0.25, -0.2) is 19.1 Å². The van der Waals surface area contributed by atoms with Gasteiger partial charge in [0.05, 0.1) is 25.4 Å². The average Bonchev–Trinajstić information content (AvgIpc) is 2.72. The molecule has 1 aliphatic heterocycles. The number of morpholine rings is 1. The van der Waals surface area contributed by atoms with Crippen LogP contribution in [0.5, 0.6) is 0 Å². The molecular weight excluding hydrogens is 372 g/mol. The van der Waals surface area contributed by atoms with E-state index in [1.807, 2.05) is 0 Å². The number of nitrogens with zero attached hydrogens (tertiary/aromatic N) is 2. The highest BCUT2D eigenvalue weighted by Gasteiger charge is 2.26. The molecule has 0 aromatic heterocycles. The van der Waals surface area contributed by atoms with Gasteiger partial charge in [-0.2, -0.15) is 0 Å². The standard InChI is InChI=1S/C19H19F2N3O4/c20-15-5-6-17(16(21)11-15)24(19(26)23-7-9-28-10-8-23)12-13-1-3-14(4-2-13)18(25)22-27/h1-6,11,27H,7-10,12H2,(H,22,25). The third-order valence-corrected chi connectivity index (χ3v) is 4.37. The first-order valence-corrected chi connectivity index (χ1v) is 8.62. The summed E-state index contributed by atoms with van der Waals surface area (Å²) in [5.74, 6) is -2.25. The average molecular weight is 391 g/mol. The van der Waals surface area contributed by atoms with Crippen LogP contribution in [0.2, 0.25) is 0 Å². The molecule has 0 spiro atoms. The van der Waals surface area contributed by atoms with Crippen molar-refractivity contribution in [2.24, 2.45) is 0 Å². The van der Waals surface area contributed by atoms with Gasteiger partial charge >= 0.3 is 6.03 Å². The van der Waals surface area contributed by atoms with Gasteiger partial charge in [0, 0.05) is 24.7 Å². The van der Waals surface area contributed by atoms with Gasteiger partial charge in [-0.15, -0.1) is 0 Å². The van der Waals surface area contributed by atoms with E-state index < -0.39 is 23.6 Å². The molecule has 0 saturated carbocycles. The van der Waals surface area contributed by atoms with Crippen molar-refractivity contribution >= 4 is 17.6 Å². The summed E-state index contributed by atoms with van der Waals surface area (Å²) in [7, 11) is 0. The van der Waals surface area contributed by atoms with E-state index in [-0.39, 0.29) is 17.8 Å². The molecule has 0 aliphatic carbocycles. The molecular formula is C19H19F2N3O4. The second-order valence-electron chi connectivity index (χ2n) is 6.20. The lowest BCUT2D eigenvalue weighted by Crippen LogP contribution is -2.48. The third-order valence-electron chi connectivity index (χ3n) is 4.37. The molecule has 2 aromatic carbocycles. The molecule has 0 radical (unpaired) electrons. The van der Waals surface area contributed by atoms with Gasteiger partial charge in [0.25, 0.3) is 5.91 Å². The van der Waals surface area contributed by atoms with Crippen molar-refractivity contribution in [3.05, 3.63) is 65.2 Å². The fraction of sp³-hybridized carbons (Fsp3) is 0.263. The summed E-state index contributed by atoms with van der Waals surface area (Å²) in [6.07, 6.45) is 0. The molecule has 1 saturated heterocycles. The zero-order valence-corrected chi connectivity index (χ0v) is 14.9. The first-order chi connectivity index (χ1) is 13.5. The molecule has 0 unspecified atom stereocenters. The second-order valence-corrected chi connectivity index (χ2v) is 6.20. The van der Waals surface area contributed by atoms with Crippen LogP contribution < -0.4 is 10.4 Å². The molecule has 28 heavy (non-hydrogen) atoms. The van der Waals surface area contributed by atoms with Gasteiger partial charge in [0.2, 0.25) is 0 Å². The number of halogens is 2.